The van der Waals surface area contributed by atoms with Crippen LogP contribution in [0.5, 0.6) is 0 Å². The number of hydrogen-bond donors (Lipinski definition) is 3. The zero-order valence-corrected chi connectivity index (χ0v) is 12.2. The van der Waals surface area contributed by atoms with Crippen molar-refractivity contribution < 1.29 is 31.5 Å². The summed E-state index contributed by atoms with van der Waals surface area (Å²) in [6.45, 7) is 6.89. The Morgan fingerprint density at radius 2 is 1.60 bits per heavy atom. The third-order valence-electron chi connectivity index (χ3n) is 0.381. The second-order valence-electron chi connectivity index (χ2n) is 1.54. The first-order valence-corrected chi connectivity index (χ1v) is 8.69. The molecule has 98 valence electrons. The van der Waals surface area contributed by atoms with Crippen LogP contribution in [0.3, 0.4) is 0 Å². The smallest absolute Gasteiger partial charge is 0.693 e. The predicted octanol–water partition coefficient (Wildman–Crippen LogP) is 3.53. The Kier molecular flexibility index (Phi) is 57.3. The molecule has 7 N–H and O–H groups in total. The van der Waals surface area contributed by atoms with Crippen LogP contribution >= 0.6 is 18.8 Å². The maximum atomic E-state index is 9.00. The number of aliphatic hydroxyl groups is 1. The summed E-state index contributed by atoms with van der Waals surface area (Å²) in [5.41, 5.74) is 0. The van der Waals surface area contributed by atoms with E-state index in [1.54, 1.807) is 0 Å². The summed E-state index contributed by atoms with van der Waals surface area (Å²) in [5.74, 6) is -0.794. The van der Waals surface area contributed by atoms with Gasteiger partial charge < -0.3 is 27.8 Å². The van der Waals surface area contributed by atoms with E-state index in [1.807, 2.05) is 6.92 Å². The molecule has 0 fully saturated rings. The van der Waals surface area contributed by atoms with Crippen molar-refractivity contribution in [3.63, 3.8) is 0 Å². The zero-order chi connectivity index (χ0) is 11.3. The number of aliphatic hydroxyl groups excluding tert-OH is 1. The molecular weight excluding hydrogens is 428 g/mol. The summed E-state index contributed by atoms with van der Waals surface area (Å²) < 4.78 is 0. The van der Waals surface area contributed by atoms with Crippen molar-refractivity contribution in [2.24, 2.45) is 0 Å². The molecule has 0 aromatic heterocycles. The number of carboxylic acids is 1. The van der Waals surface area contributed by atoms with E-state index in [9.17, 15) is 0 Å². The summed E-state index contributed by atoms with van der Waals surface area (Å²) in [4.78, 5) is 9.00. The molecule has 9 heteroatoms. The van der Waals surface area contributed by atoms with Crippen molar-refractivity contribution in [2.45, 2.75) is 13.8 Å². The first kappa shape index (κ1) is 29.4. The molecule has 0 radical (unpaired) electrons. The SMILES string of the molecule is C=C(O)NCC.CC(=O)O.[Cl][Pt+2][Cl].[NH2-].[NH2-]. The number of carboxylic acid groups (broad SMARTS) is 1. The van der Waals surface area contributed by atoms with Gasteiger partial charge in [0.15, 0.2) is 5.88 Å². The molecule has 0 aliphatic rings. The van der Waals surface area contributed by atoms with E-state index in [-0.39, 0.29) is 18.2 Å². The van der Waals surface area contributed by atoms with Crippen LogP contribution in [-0.2, 0) is 21.3 Å². The van der Waals surface area contributed by atoms with Gasteiger partial charge in [-0.25, -0.2) is 0 Å². The Bertz CT molecular complexity index is 137. The van der Waals surface area contributed by atoms with Crippen LogP contribution < -0.4 is 5.32 Å². The first-order valence-electron chi connectivity index (χ1n) is 3.05. The van der Waals surface area contributed by atoms with Gasteiger partial charge in [0.1, 0.15) is 0 Å². The number of nitrogens with two attached hydrogens (primary N) is 2. The van der Waals surface area contributed by atoms with Gasteiger partial charge in [0, 0.05) is 13.5 Å². The standard InChI is InChI=1S/C4H9NO.C2H4O2.2ClH.2H2N.Pt/c1-3-5-4(2)6;1-2(3)4;;;;;/h5-6H,2-3H2,1H3;1H3,(H,3,4);2*1H;2*1H2;/q;;;;2*-1;+4/p-2. The molecule has 0 aliphatic carbocycles. The number of carbonyl (C=O) groups is 1. The molecule has 0 atom stereocenters. The molecule has 0 saturated carbocycles. The van der Waals surface area contributed by atoms with Gasteiger partial charge in [0.2, 0.25) is 0 Å². The first-order chi connectivity index (χ1) is 5.92. The van der Waals surface area contributed by atoms with E-state index in [0.29, 0.717) is 0 Å². The van der Waals surface area contributed by atoms with E-state index >= 15 is 0 Å². The molecule has 0 amide bonds. The maximum Gasteiger partial charge on any atom is -0.693 e. The van der Waals surface area contributed by atoms with Gasteiger partial charge in [0.05, 0.1) is 0 Å². The molecule has 0 saturated heterocycles. The summed E-state index contributed by atoms with van der Waals surface area (Å²) in [6.07, 6.45) is 0. The van der Waals surface area contributed by atoms with Crippen LogP contribution in [-0.4, -0.2) is 22.7 Å². The minimum atomic E-state index is -0.833. The average molecular weight is 445 g/mol. The van der Waals surface area contributed by atoms with Gasteiger partial charge in [0.25, 0.3) is 5.97 Å². The van der Waals surface area contributed by atoms with Gasteiger partial charge in [-0.15, -0.1) is 0 Å². The monoisotopic (exact) mass is 444 g/mol. The van der Waals surface area contributed by atoms with Gasteiger partial charge in [-0.05, 0) is 13.5 Å². The third kappa shape index (κ3) is 224. The van der Waals surface area contributed by atoms with Crippen LogP contribution in [0.2, 0.25) is 0 Å². The predicted molar refractivity (Wildman–Crippen MR) is 61.0 cm³/mol. The van der Waals surface area contributed by atoms with Gasteiger partial charge in [-0.3, -0.25) is 4.79 Å². The van der Waals surface area contributed by atoms with Crippen molar-refractivity contribution in [1.82, 2.24) is 5.32 Å². The second-order valence-corrected chi connectivity index (χ2v) is 4.82. The number of nitrogens with one attached hydrogen (secondary N) is 1. The summed E-state index contributed by atoms with van der Waals surface area (Å²) in [7, 11) is 9.75. The summed E-state index contributed by atoms with van der Waals surface area (Å²) in [5, 5.41) is 18.2. The molecule has 6 nitrogen and oxygen atoms in total. The van der Waals surface area contributed by atoms with E-state index < -0.39 is 22.5 Å². The number of halogens is 2. The van der Waals surface area contributed by atoms with Crippen LogP contribution in [0.1, 0.15) is 13.8 Å². The fourth-order valence-electron chi connectivity index (χ4n) is 0.204. The Morgan fingerprint density at radius 1 is 1.40 bits per heavy atom. The van der Waals surface area contributed by atoms with Crippen LogP contribution in [0, 0.1) is 0 Å². The number of aliphatic carboxylic acids is 1. The third-order valence-corrected chi connectivity index (χ3v) is 0.381. The Hall–Kier alpha value is -0.00169. The quantitative estimate of drug-likeness (QED) is 0.560. The Balaban J connectivity index is -0.0000000332. The van der Waals surface area contributed by atoms with E-state index in [0.717, 1.165) is 13.5 Å². The molecule has 0 aromatic rings. The average Bonchev–Trinajstić information content (AvgIpc) is 1.86. The van der Waals surface area contributed by atoms with Crippen molar-refractivity contribution >= 4 is 24.8 Å². The number of rotatable bonds is 2. The van der Waals surface area contributed by atoms with Gasteiger partial charge in [-0.1, -0.05) is 0 Å². The van der Waals surface area contributed by atoms with Gasteiger partial charge >= 0.3 is 35.3 Å². The van der Waals surface area contributed by atoms with Crippen molar-refractivity contribution in [3.8, 4) is 0 Å². The fraction of sp³-hybridized carbons (Fsp3) is 0.500. The van der Waals surface area contributed by atoms with E-state index in [1.165, 1.54) is 0 Å². The molecule has 0 bridgehead atoms. The number of hydrogen-bond acceptors (Lipinski definition) is 3. The minimum Gasteiger partial charge on any atom is -0.693 e. The van der Waals surface area contributed by atoms with Gasteiger partial charge in [-0.2, -0.15) is 0 Å². The Labute approximate surface area is 107 Å². The Morgan fingerprint density at radius 3 is 1.60 bits per heavy atom. The van der Waals surface area contributed by atoms with Crippen molar-refractivity contribution in [3.05, 3.63) is 24.8 Å². The van der Waals surface area contributed by atoms with Crippen molar-refractivity contribution in [2.75, 3.05) is 6.54 Å². The molecule has 15 heavy (non-hydrogen) atoms. The second kappa shape index (κ2) is 29.2. The molecule has 0 spiro atoms. The van der Waals surface area contributed by atoms with E-state index in [4.69, 9.17) is 33.8 Å². The normalized spacial score (nSPS) is 6.13. The largest absolute Gasteiger partial charge is 0.693 e. The molecular formula is C6H17Cl2N3O3Pt. The van der Waals surface area contributed by atoms with E-state index in [2.05, 4.69) is 11.9 Å². The summed E-state index contributed by atoms with van der Waals surface area (Å²) in [6, 6.07) is 0. The fourth-order valence-corrected chi connectivity index (χ4v) is 0.204. The maximum absolute atomic E-state index is 9.00. The van der Waals surface area contributed by atoms with Crippen LogP contribution in [0.15, 0.2) is 12.5 Å². The molecule has 0 heterocycles. The zero-order valence-electron chi connectivity index (χ0n) is 8.44. The topological polar surface area (TPSA) is 137 Å². The molecule has 0 rings (SSSR count). The molecule has 0 unspecified atom stereocenters. The molecule has 0 aromatic carbocycles. The van der Waals surface area contributed by atoms with Crippen molar-refractivity contribution in [1.29, 1.82) is 0 Å². The van der Waals surface area contributed by atoms with Crippen LogP contribution in [0.4, 0.5) is 0 Å². The minimum absolute atomic E-state index is 0. The van der Waals surface area contributed by atoms with Crippen LogP contribution in [0.25, 0.3) is 12.3 Å². The summed E-state index contributed by atoms with van der Waals surface area (Å²) >= 11 is -0.472. The molecule has 0 aliphatic heterocycles.